The largest absolute Gasteiger partial charge is 0.508 e. The van der Waals surface area contributed by atoms with E-state index in [-0.39, 0.29) is 35.2 Å². The molecule has 9 heteroatoms. The summed E-state index contributed by atoms with van der Waals surface area (Å²) in [4.78, 5) is 37.5. The molecule has 0 aliphatic rings. The molecule has 0 atom stereocenters. The van der Waals surface area contributed by atoms with Crippen molar-refractivity contribution in [3.05, 3.63) is 99.2 Å². The van der Waals surface area contributed by atoms with Gasteiger partial charge in [-0.2, -0.15) is 0 Å². The molecule has 0 radical (unpaired) electrons. The van der Waals surface area contributed by atoms with Crippen molar-refractivity contribution in [3.8, 4) is 11.5 Å². The second kappa shape index (κ2) is 11.2. The van der Waals surface area contributed by atoms with E-state index < -0.39 is 11.9 Å². The Morgan fingerprint density at radius 3 is 2.41 bits per heavy atom. The van der Waals surface area contributed by atoms with Gasteiger partial charge in [-0.15, -0.1) is 0 Å². The van der Waals surface area contributed by atoms with Gasteiger partial charge < -0.3 is 25.6 Å². The molecule has 0 fully saturated rings. The van der Waals surface area contributed by atoms with Crippen LogP contribution in [0.4, 0.5) is 0 Å². The number of methoxy groups -OCH3 is 1. The van der Waals surface area contributed by atoms with Crippen LogP contribution in [0.2, 0.25) is 0 Å². The number of hydrogen-bond donors (Lipinski definition) is 4. The molecule has 0 bridgehead atoms. The molecule has 0 heterocycles. The van der Waals surface area contributed by atoms with E-state index in [1.54, 1.807) is 36.4 Å². The summed E-state index contributed by atoms with van der Waals surface area (Å²) in [6.07, 6.45) is 1.30. The fourth-order valence-electron chi connectivity index (χ4n) is 3.00. The van der Waals surface area contributed by atoms with Crippen LogP contribution >= 0.6 is 15.9 Å². The van der Waals surface area contributed by atoms with Gasteiger partial charge in [0.25, 0.3) is 11.8 Å². The highest BCUT2D eigenvalue weighted by molar-refractivity contribution is 9.10. The van der Waals surface area contributed by atoms with E-state index in [9.17, 15) is 24.6 Å². The van der Waals surface area contributed by atoms with Crippen LogP contribution in [-0.4, -0.2) is 35.1 Å². The number of benzene rings is 3. The molecule has 0 spiro atoms. The molecular weight excluding hydrogens is 504 g/mol. The lowest BCUT2D eigenvalue weighted by Gasteiger charge is -2.11. The second-order valence-electron chi connectivity index (χ2n) is 7.11. The van der Waals surface area contributed by atoms with E-state index in [0.29, 0.717) is 15.6 Å². The minimum absolute atomic E-state index is 0.0691. The Bertz CT molecular complexity index is 1270. The lowest BCUT2D eigenvalue weighted by Crippen LogP contribution is -2.28. The number of phenols is 2. The summed E-state index contributed by atoms with van der Waals surface area (Å²) in [6, 6.07) is 17.2. The molecule has 0 saturated heterocycles. The molecule has 3 aromatic carbocycles. The van der Waals surface area contributed by atoms with Crippen molar-refractivity contribution < 1.29 is 29.3 Å². The maximum absolute atomic E-state index is 12.8. The molecule has 0 saturated carbocycles. The van der Waals surface area contributed by atoms with Crippen molar-refractivity contribution in [2.24, 2.45) is 0 Å². The third kappa shape index (κ3) is 6.23. The first-order chi connectivity index (χ1) is 16.3. The molecule has 2 amide bonds. The zero-order valence-electron chi connectivity index (χ0n) is 18.0. The predicted octanol–water partition coefficient (Wildman–Crippen LogP) is 3.73. The Kier molecular flexibility index (Phi) is 8.05. The number of ether oxygens (including phenoxy) is 1. The average Bonchev–Trinajstić information content (AvgIpc) is 2.82. The van der Waals surface area contributed by atoms with Crippen LogP contribution in [0.1, 0.15) is 31.8 Å². The fourth-order valence-corrected chi connectivity index (χ4v) is 3.56. The van der Waals surface area contributed by atoms with Crippen LogP contribution in [0.25, 0.3) is 6.08 Å². The number of carbonyl (C=O) groups excluding carboxylic acids is 3. The maximum atomic E-state index is 12.8. The van der Waals surface area contributed by atoms with Gasteiger partial charge in [-0.05, 0) is 64.0 Å². The van der Waals surface area contributed by atoms with E-state index in [2.05, 4.69) is 26.6 Å². The normalized spacial score (nSPS) is 10.9. The van der Waals surface area contributed by atoms with Gasteiger partial charge in [0.15, 0.2) is 0 Å². The van der Waals surface area contributed by atoms with Crippen LogP contribution < -0.4 is 10.6 Å². The van der Waals surface area contributed by atoms with Gasteiger partial charge in [0, 0.05) is 22.1 Å². The number of phenolic OH excluding ortho intramolecular Hbond substituents is 2. The van der Waals surface area contributed by atoms with Gasteiger partial charge >= 0.3 is 5.97 Å². The Balaban J connectivity index is 1.74. The first kappa shape index (κ1) is 24.5. The summed E-state index contributed by atoms with van der Waals surface area (Å²) in [5.41, 5.74) is 1.36. The molecular formula is C25H21BrN2O6. The summed E-state index contributed by atoms with van der Waals surface area (Å²) < 4.78 is 5.06. The molecule has 8 nitrogen and oxygen atoms in total. The Labute approximate surface area is 204 Å². The Morgan fingerprint density at radius 2 is 1.74 bits per heavy atom. The molecule has 0 aliphatic carbocycles. The van der Waals surface area contributed by atoms with Gasteiger partial charge in [0.05, 0.1) is 12.7 Å². The first-order valence-corrected chi connectivity index (χ1v) is 10.8. The minimum Gasteiger partial charge on any atom is -0.508 e. The standard InChI is InChI=1S/C25H21BrN2O6/c1-34-25(33)21(13-16-6-2-3-8-22(16)30)28-24(32)19-10-9-17(12-20(19)26)23(31)27-14-15-5-4-7-18(29)11-15/h2-13,29-30H,14H2,1H3,(H,27,31)(H,28,32). The van der Waals surface area contributed by atoms with Crippen molar-refractivity contribution in [2.45, 2.75) is 6.54 Å². The highest BCUT2D eigenvalue weighted by Crippen LogP contribution is 2.21. The number of carbonyl (C=O) groups is 3. The molecule has 0 aliphatic heterocycles. The van der Waals surface area contributed by atoms with Crippen LogP contribution in [0.3, 0.4) is 0 Å². The van der Waals surface area contributed by atoms with Gasteiger partial charge in [-0.3, -0.25) is 9.59 Å². The Hall–Kier alpha value is -4.11. The van der Waals surface area contributed by atoms with E-state index >= 15 is 0 Å². The molecule has 4 N–H and O–H groups in total. The molecule has 34 heavy (non-hydrogen) atoms. The summed E-state index contributed by atoms with van der Waals surface area (Å²) >= 11 is 3.29. The van der Waals surface area contributed by atoms with Gasteiger partial charge in [0.2, 0.25) is 0 Å². The zero-order chi connectivity index (χ0) is 24.7. The zero-order valence-corrected chi connectivity index (χ0v) is 19.6. The summed E-state index contributed by atoms with van der Waals surface area (Å²) in [6.45, 7) is 0.215. The predicted molar refractivity (Wildman–Crippen MR) is 129 cm³/mol. The van der Waals surface area contributed by atoms with E-state index in [1.165, 1.54) is 43.5 Å². The topological polar surface area (TPSA) is 125 Å². The Morgan fingerprint density at radius 1 is 0.971 bits per heavy atom. The van der Waals surface area contributed by atoms with Gasteiger partial charge in [-0.25, -0.2) is 4.79 Å². The number of para-hydroxylation sites is 1. The van der Waals surface area contributed by atoms with Gasteiger partial charge in [0.1, 0.15) is 17.2 Å². The number of amides is 2. The third-order valence-electron chi connectivity index (χ3n) is 4.73. The number of esters is 1. The molecule has 3 aromatic rings. The lowest BCUT2D eigenvalue weighted by molar-refractivity contribution is -0.136. The number of hydrogen-bond acceptors (Lipinski definition) is 6. The summed E-state index contributed by atoms with van der Waals surface area (Å²) in [5, 5.41) is 24.7. The highest BCUT2D eigenvalue weighted by atomic mass is 79.9. The summed E-state index contributed by atoms with van der Waals surface area (Å²) in [5.74, 6) is -1.75. The third-order valence-corrected chi connectivity index (χ3v) is 5.39. The van der Waals surface area contributed by atoms with Gasteiger partial charge in [-0.1, -0.05) is 30.3 Å². The van der Waals surface area contributed by atoms with Crippen molar-refractivity contribution in [3.63, 3.8) is 0 Å². The first-order valence-electron chi connectivity index (χ1n) is 10.0. The maximum Gasteiger partial charge on any atom is 0.354 e. The van der Waals surface area contributed by atoms with E-state index in [4.69, 9.17) is 4.74 Å². The second-order valence-corrected chi connectivity index (χ2v) is 7.96. The molecule has 0 aromatic heterocycles. The van der Waals surface area contributed by atoms with E-state index in [1.807, 2.05) is 0 Å². The van der Waals surface area contributed by atoms with Crippen molar-refractivity contribution in [1.82, 2.24) is 10.6 Å². The van der Waals surface area contributed by atoms with Crippen molar-refractivity contribution >= 4 is 39.8 Å². The monoisotopic (exact) mass is 524 g/mol. The highest BCUT2D eigenvalue weighted by Gasteiger charge is 2.18. The smallest absolute Gasteiger partial charge is 0.354 e. The van der Waals surface area contributed by atoms with Crippen molar-refractivity contribution in [2.75, 3.05) is 7.11 Å². The minimum atomic E-state index is -0.796. The number of halogens is 1. The fraction of sp³-hybridized carbons (Fsp3) is 0.0800. The van der Waals surface area contributed by atoms with Crippen LogP contribution in [0, 0.1) is 0 Å². The summed E-state index contributed by atoms with van der Waals surface area (Å²) in [7, 11) is 1.17. The molecule has 174 valence electrons. The number of aromatic hydroxyl groups is 2. The molecule has 0 unspecified atom stereocenters. The average molecular weight is 525 g/mol. The van der Waals surface area contributed by atoms with Crippen LogP contribution in [0.5, 0.6) is 11.5 Å². The number of nitrogens with one attached hydrogen (secondary N) is 2. The molecule has 3 rings (SSSR count). The van der Waals surface area contributed by atoms with E-state index in [0.717, 1.165) is 5.56 Å². The van der Waals surface area contributed by atoms with Crippen molar-refractivity contribution in [1.29, 1.82) is 0 Å². The van der Waals surface area contributed by atoms with Crippen LogP contribution in [-0.2, 0) is 16.1 Å². The quantitative estimate of drug-likeness (QED) is 0.275. The number of rotatable bonds is 7. The lowest BCUT2D eigenvalue weighted by atomic mass is 10.1. The van der Waals surface area contributed by atoms with Crippen LogP contribution in [0.15, 0.2) is 76.9 Å². The SMILES string of the molecule is COC(=O)C(=Cc1ccccc1O)NC(=O)c1ccc(C(=O)NCc2cccc(O)c2)cc1Br.